The number of hydrogen-bond acceptors (Lipinski definition) is 5. The van der Waals surface area contributed by atoms with E-state index in [1.807, 2.05) is 32.0 Å². The van der Waals surface area contributed by atoms with Crippen molar-refractivity contribution in [2.75, 3.05) is 5.43 Å². The van der Waals surface area contributed by atoms with E-state index in [-0.39, 0.29) is 17.1 Å². The van der Waals surface area contributed by atoms with Crippen LogP contribution in [0.3, 0.4) is 0 Å². The second kappa shape index (κ2) is 7.83. The molecule has 1 aromatic heterocycles. The number of benzene rings is 3. The predicted octanol–water partition coefficient (Wildman–Crippen LogP) is 3.97. The van der Waals surface area contributed by atoms with E-state index in [4.69, 9.17) is 0 Å². The number of aryl methyl sites for hydroxylation is 2. The molecule has 0 radical (unpaired) electrons. The van der Waals surface area contributed by atoms with Gasteiger partial charge < -0.3 is 0 Å². The molecule has 0 saturated carbocycles. The van der Waals surface area contributed by atoms with Crippen molar-refractivity contribution in [3.05, 3.63) is 104 Å². The number of hydrogen-bond donors (Lipinski definition) is 1. The number of nitrogens with zero attached hydrogens (tertiary/aromatic N) is 3. The van der Waals surface area contributed by atoms with E-state index in [0.29, 0.717) is 16.5 Å². The van der Waals surface area contributed by atoms with E-state index in [2.05, 4.69) is 10.4 Å². The third-order valence-corrected chi connectivity index (χ3v) is 5.10. The molecule has 0 fully saturated rings. The van der Waals surface area contributed by atoms with E-state index in [0.717, 1.165) is 15.8 Å². The lowest BCUT2D eigenvalue weighted by Gasteiger charge is -2.15. The summed E-state index contributed by atoms with van der Waals surface area (Å²) in [4.78, 5) is 41.4. The molecule has 1 N–H and O–H groups in total. The highest BCUT2D eigenvalue weighted by atomic mass is 16.6. The maximum Gasteiger partial charge on any atom is 0.282 e. The second-order valence-electron chi connectivity index (χ2n) is 7.11. The summed E-state index contributed by atoms with van der Waals surface area (Å²) < 4.78 is 1.05. The van der Waals surface area contributed by atoms with Crippen molar-refractivity contribution in [1.82, 2.24) is 9.66 Å². The predicted molar refractivity (Wildman–Crippen MR) is 118 cm³/mol. The Morgan fingerprint density at radius 2 is 1.71 bits per heavy atom. The average Bonchev–Trinajstić information content (AvgIpc) is 2.77. The maximum absolute atomic E-state index is 13.2. The van der Waals surface area contributed by atoms with Gasteiger partial charge in [-0.15, -0.1) is 0 Å². The zero-order chi connectivity index (χ0) is 22.1. The molecule has 0 aliphatic rings. The quantitative estimate of drug-likeness (QED) is 0.402. The van der Waals surface area contributed by atoms with Gasteiger partial charge >= 0.3 is 0 Å². The van der Waals surface area contributed by atoms with Gasteiger partial charge in [0, 0.05) is 11.6 Å². The van der Waals surface area contributed by atoms with Crippen LogP contribution >= 0.6 is 0 Å². The zero-order valence-corrected chi connectivity index (χ0v) is 16.8. The fourth-order valence-corrected chi connectivity index (χ4v) is 3.30. The molecule has 0 bridgehead atoms. The number of fused-ring (bicyclic) bond motifs is 1. The van der Waals surface area contributed by atoms with Crippen molar-refractivity contribution in [2.24, 2.45) is 0 Å². The fraction of sp³-hybridized carbons (Fsp3) is 0.0870. The summed E-state index contributed by atoms with van der Waals surface area (Å²) in [6.07, 6.45) is 0. The van der Waals surface area contributed by atoms with Crippen LogP contribution in [-0.4, -0.2) is 20.5 Å². The van der Waals surface area contributed by atoms with Crippen LogP contribution in [0.1, 0.15) is 21.5 Å². The number of aromatic nitrogens is 2. The van der Waals surface area contributed by atoms with Crippen molar-refractivity contribution in [1.29, 1.82) is 0 Å². The van der Waals surface area contributed by atoms with E-state index in [1.165, 1.54) is 24.3 Å². The lowest BCUT2D eigenvalue weighted by Crippen LogP contribution is -2.35. The summed E-state index contributed by atoms with van der Waals surface area (Å²) in [5.41, 5.74) is 4.71. The standard InChI is InChI=1S/C23H18N4O4/c1-14-11-12-16(13-15(14)2)21-24-19-9-5-3-7-17(19)23(29)26(21)25-22(28)18-8-4-6-10-20(18)27(30)31/h3-13H,1-2H3,(H,25,28). The van der Waals surface area contributed by atoms with Gasteiger partial charge in [-0.2, -0.15) is 4.68 Å². The maximum atomic E-state index is 13.2. The number of carbonyl (C=O) groups is 1. The summed E-state index contributed by atoms with van der Waals surface area (Å²) in [6.45, 7) is 3.91. The summed E-state index contributed by atoms with van der Waals surface area (Å²) in [6, 6.07) is 18.0. The SMILES string of the molecule is Cc1ccc(-c2nc3ccccc3c(=O)n2NC(=O)c2ccccc2[N+](=O)[O-])cc1C. The van der Waals surface area contributed by atoms with Gasteiger partial charge in [-0.05, 0) is 49.2 Å². The first kappa shape index (κ1) is 20.0. The topological polar surface area (TPSA) is 107 Å². The second-order valence-corrected chi connectivity index (χ2v) is 7.11. The zero-order valence-electron chi connectivity index (χ0n) is 16.8. The largest absolute Gasteiger partial charge is 0.282 e. The Labute approximate surface area is 176 Å². The van der Waals surface area contributed by atoms with Crippen LogP contribution in [0.2, 0.25) is 0 Å². The van der Waals surface area contributed by atoms with Crippen LogP contribution in [0.15, 0.2) is 71.5 Å². The normalized spacial score (nSPS) is 10.8. The molecule has 0 unspecified atom stereocenters. The molecule has 0 atom stereocenters. The van der Waals surface area contributed by atoms with Crippen LogP contribution in [-0.2, 0) is 0 Å². The van der Waals surface area contributed by atoms with Gasteiger partial charge in [0.05, 0.1) is 15.8 Å². The van der Waals surface area contributed by atoms with Crippen molar-refractivity contribution in [3.63, 3.8) is 0 Å². The molecule has 154 valence electrons. The minimum Gasteiger partial charge on any atom is -0.267 e. The lowest BCUT2D eigenvalue weighted by molar-refractivity contribution is -0.385. The third kappa shape index (κ3) is 3.66. The van der Waals surface area contributed by atoms with Crippen LogP contribution in [0.25, 0.3) is 22.3 Å². The number of para-hydroxylation sites is 2. The van der Waals surface area contributed by atoms with Gasteiger partial charge in [-0.25, -0.2) is 4.98 Å². The highest BCUT2D eigenvalue weighted by molar-refractivity contribution is 6.03. The molecule has 8 nitrogen and oxygen atoms in total. The number of nitro benzene ring substituents is 1. The number of nitro groups is 1. The van der Waals surface area contributed by atoms with Gasteiger partial charge in [-0.3, -0.25) is 25.1 Å². The molecule has 0 saturated heterocycles. The molecule has 0 aliphatic carbocycles. The molecule has 31 heavy (non-hydrogen) atoms. The molecular weight excluding hydrogens is 396 g/mol. The van der Waals surface area contributed by atoms with Crippen molar-refractivity contribution < 1.29 is 9.72 Å². The number of nitrogens with one attached hydrogen (secondary N) is 1. The van der Waals surface area contributed by atoms with E-state index < -0.39 is 16.4 Å². The molecule has 0 aliphatic heterocycles. The Hall–Kier alpha value is -4.33. The average molecular weight is 414 g/mol. The van der Waals surface area contributed by atoms with Crippen LogP contribution in [0, 0.1) is 24.0 Å². The third-order valence-electron chi connectivity index (χ3n) is 5.10. The van der Waals surface area contributed by atoms with Gasteiger partial charge in [0.15, 0.2) is 5.82 Å². The van der Waals surface area contributed by atoms with Crippen molar-refractivity contribution in [3.8, 4) is 11.4 Å². The van der Waals surface area contributed by atoms with E-state index in [1.54, 1.807) is 24.3 Å². The van der Waals surface area contributed by atoms with Crippen LogP contribution in [0.5, 0.6) is 0 Å². The smallest absolute Gasteiger partial charge is 0.267 e. The fourth-order valence-electron chi connectivity index (χ4n) is 3.30. The molecule has 1 heterocycles. The molecular formula is C23H18N4O4. The number of amides is 1. The Balaban J connectivity index is 1.91. The molecule has 4 aromatic rings. The van der Waals surface area contributed by atoms with Gasteiger partial charge in [0.25, 0.3) is 17.2 Å². The van der Waals surface area contributed by atoms with E-state index in [9.17, 15) is 19.7 Å². The highest BCUT2D eigenvalue weighted by Gasteiger charge is 2.22. The minimum atomic E-state index is -0.781. The first-order chi connectivity index (χ1) is 14.9. The Morgan fingerprint density at radius 1 is 1.00 bits per heavy atom. The molecule has 0 spiro atoms. The summed E-state index contributed by atoms with van der Waals surface area (Å²) in [7, 11) is 0. The Morgan fingerprint density at radius 3 is 2.45 bits per heavy atom. The summed E-state index contributed by atoms with van der Waals surface area (Å²) >= 11 is 0. The Bertz CT molecular complexity index is 1410. The molecule has 4 rings (SSSR count). The lowest BCUT2D eigenvalue weighted by atomic mass is 10.1. The minimum absolute atomic E-state index is 0.154. The molecule has 1 amide bonds. The Kier molecular flexibility index (Phi) is 5.04. The molecule has 8 heteroatoms. The van der Waals surface area contributed by atoms with Crippen LogP contribution in [0.4, 0.5) is 5.69 Å². The summed E-state index contributed by atoms with van der Waals surface area (Å²) in [5, 5.41) is 11.6. The van der Waals surface area contributed by atoms with E-state index >= 15 is 0 Å². The first-order valence-corrected chi connectivity index (χ1v) is 9.51. The van der Waals surface area contributed by atoms with Gasteiger partial charge in [0.2, 0.25) is 0 Å². The summed E-state index contributed by atoms with van der Waals surface area (Å²) in [5.74, 6) is -0.546. The van der Waals surface area contributed by atoms with Gasteiger partial charge in [0.1, 0.15) is 5.56 Å². The monoisotopic (exact) mass is 414 g/mol. The highest BCUT2D eigenvalue weighted by Crippen LogP contribution is 2.22. The first-order valence-electron chi connectivity index (χ1n) is 9.51. The number of rotatable bonds is 4. The number of carbonyl (C=O) groups excluding carboxylic acids is 1. The van der Waals surface area contributed by atoms with Crippen molar-refractivity contribution >= 4 is 22.5 Å². The van der Waals surface area contributed by atoms with Crippen LogP contribution < -0.4 is 11.0 Å². The van der Waals surface area contributed by atoms with Crippen molar-refractivity contribution in [2.45, 2.75) is 13.8 Å². The molecule has 3 aromatic carbocycles. The van der Waals surface area contributed by atoms with Gasteiger partial charge in [-0.1, -0.05) is 36.4 Å².